The average Bonchev–Trinajstić information content (AvgIpc) is 3.07. The van der Waals surface area contributed by atoms with Crippen LogP contribution in [0.25, 0.3) is 11.0 Å². The number of hydrogen-bond donors (Lipinski definition) is 3. The standard InChI is InChI=1S/C18H17FN6OS/c1-18(5-7-27-17(20)25-18)11-8-10(2-3-12(11)19)22-16(26)15-23-13-4-6-21-9-14(13)24-15/h2-4,6,8-9H,5,7H2,1H3,(H2,20,25)(H,22,26)(H,23,24)/t18-/m0/s1. The monoisotopic (exact) mass is 384 g/mol. The molecule has 27 heavy (non-hydrogen) atoms. The van der Waals surface area contributed by atoms with Crippen molar-refractivity contribution in [3.63, 3.8) is 0 Å². The van der Waals surface area contributed by atoms with Crippen LogP contribution in [-0.4, -0.2) is 31.8 Å². The molecule has 4 N–H and O–H groups in total. The number of nitrogens with two attached hydrogens (primary N) is 1. The number of nitrogens with one attached hydrogen (secondary N) is 2. The van der Waals surface area contributed by atoms with Crippen LogP contribution in [0.1, 0.15) is 29.5 Å². The van der Waals surface area contributed by atoms with Crippen molar-refractivity contribution < 1.29 is 9.18 Å². The largest absolute Gasteiger partial charge is 0.379 e. The van der Waals surface area contributed by atoms with Crippen molar-refractivity contribution >= 4 is 39.6 Å². The number of carbonyl (C=O) groups is 1. The number of H-pyrrole nitrogens is 1. The van der Waals surface area contributed by atoms with Gasteiger partial charge in [0.15, 0.2) is 11.0 Å². The summed E-state index contributed by atoms with van der Waals surface area (Å²) in [4.78, 5) is 28.1. The third kappa shape index (κ3) is 3.37. The molecule has 0 spiro atoms. The Morgan fingerprint density at radius 3 is 3.04 bits per heavy atom. The molecule has 138 valence electrons. The van der Waals surface area contributed by atoms with Gasteiger partial charge >= 0.3 is 0 Å². The van der Waals surface area contributed by atoms with Crippen LogP contribution in [0.4, 0.5) is 10.1 Å². The summed E-state index contributed by atoms with van der Waals surface area (Å²) in [6.07, 6.45) is 3.86. The number of aromatic amines is 1. The van der Waals surface area contributed by atoms with Gasteiger partial charge in [0.25, 0.3) is 5.91 Å². The number of pyridine rings is 1. The first kappa shape index (κ1) is 17.5. The maximum absolute atomic E-state index is 14.5. The van der Waals surface area contributed by atoms with E-state index in [1.165, 1.54) is 23.9 Å². The van der Waals surface area contributed by atoms with Crippen LogP contribution < -0.4 is 11.1 Å². The van der Waals surface area contributed by atoms with Crippen molar-refractivity contribution in [3.05, 3.63) is 53.9 Å². The third-order valence-corrected chi connectivity index (χ3v) is 5.29. The first-order valence-corrected chi connectivity index (χ1v) is 9.32. The number of halogens is 1. The summed E-state index contributed by atoms with van der Waals surface area (Å²) in [5.41, 5.74) is 7.25. The molecule has 1 aliphatic rings. The summed E-state index contributed by atoms with van der Waals surface area (Å²) in [6.45, 7) is 1.84. The number of fused-ring (bicyclic) bond motifs is 1. The summed E-state index contributed by atoms with van der Waals surface area (Å²) in [6, 6.07) is 6.15. The quantitative estimate of drug-likeness (QED) is 0.643. The van der Waals surface area contributed by atoms with Crippen LogP contribution in [0.2, 0.25) is 0 Å². The number of imidazole rings is 1. The van der Waals surface area contributed by atoms with Crippen LogP contribution in [0.15, 0.2) is 41.7 Å². The number of nitrogens with zero attached hydrogens (tertiary/aromatic N) is 3. The maximum atomic E-state index is 14.5. The Morgan fingerprint density at radius 1 is 1.41 bits per heavy atom. The van der Waals surface area contributed by atoms with Gasteiger partial charge in [0.1, 0.15) is 5.82 Å². The van der Waals surface area contributed by atoms with Gasteiger partial charge in [-0.15, -0.1) is 0 Å². The van der Waals surface area contributed by atoms with Gasteiger partial charge in [0, 0.05) is 23.2 Å². The van der Waals surface area contributed by atoms with E-state index in [2.05, 4.69) is 25.3 Å². The lowest BCUT2D eigenvalue weighted by molar-refractivity contribution is 0.101. The van der Waals surface area contributed by atoms with Crippen molar-refractivity contribution in [1.29, 1.82) is 0 Å². The highest BCUT2D eigenvalue weighted by Gasteiger charge is 2.32. The summed E-state index contributed by atoms with van der Waals surface area (Å²) >= 11 is 1.45. The van der Waals surface area contributed by atoms with Gasteiger partial charge in [0.2, 0.25) is 0 Å². The molecule has 0 saturated heterocycles. The van der Waals surface area contributed by atoms with Gasteiger partial charge in [-0.2, -0.15) is 0 Å². The number of aromatic nitrogens is 3. The highest BCUT2D eigenvalue weighted by atomic mass is 32.2. The van der Waals surface area contributed by atoms with Gasteiger partial charge in [-0.3, -0.25) is 14.8 Å². The second kappa shape index (κ2) is 6.66. The van der Waals surface area contributed by atoms with E-state index in [0.717, 1.165) is 5.75 Å². The van der Waals surface area contributed by atoms with Gasteiger partial charge in [-0.1, -0.05) is 11.8 Å². The molecule has 0 unspecified atom stereocenters. The fourth-order valence-electron chi connectivity index (χ4n) is 3.05. The zero-order valence-corrected chi connectivity index (χ0v) is 15.3. The maximum Gasteiger partial charge on any atom is 0.291 e. The molecule has 0 fully saturated rings. The first-order valence-electron chi connectivity index (χ1n) is 8.34. The molecule has 0 bridgehead atoms. The topological polar surface area (TPSA) is 109 Å². The summed E-state index contributed by atoms with van der Waals surface area (Å²) in [5.74, 6) is 0.116. The van der Waals surface area contributed by atoms with E-state index < -0.39 is 11.4 Å². The van der Waals surface area contributed by atoms with E-state index in [1.807, 2.05) is 6.92 Å². The Kier molecular flexibility index (Phi) is 4.31. The lowest BCUT2D eigenvalue weighted by atomic mass is 9.89. The average molecular weight is 384 g/mol. The zero-order valence-electron chi connectivity index (χ0n) is 14.5. The number of aliphatic imine (C=N–C) groups is 1. The Morgan fingerprint density at radius 2 is 2.26 bits per heavy atom. The van der Waals surface area contributed by atoms with E-state index in [9.17, 15) is 9.18 Å². The minimum Gasteiger partial charge on any atom is -0.379 e. The molecule has 1 aromatic carbocycles. The van der Waals surface area contributed by atoms with Crippen molar-refractivity contribution in [3.8, 4) is 0 Å². The molecule has 3 aromatic rings. The molecule has 1 amide bonds. The fraction of sp³-hybridized carbons (Fsp3) is 0.222. The van der Waals surface area contributed by atoms with Crippen LogP contribution in [0, 0.1) is 5.82 Å². The number of benzene rings is 1. The molecule has 1 atom stereocenters. The number of rotatable bonds is 3. The van der Waals surface area contributed by atoms with E-state index in [1.54, 1.807) is 24.5 Å². The second-order valence-electron chi connectivity index (χ2n) is 6.45. The first-order chi connectivity index (χ1) is 12.9. The summed E-state index contributed by atoms with van der Waals surface area (Å²) < 4.78 is 14.5. The number of thioether (sulfide) groups is 1. The van der Waals surface area contributed by atoms with Gasteiger partial charge in [0.05, 0.1) is 22.8 Å². The molecular formula is C18H17FN6OS. The minimum absolute atomic E-state index is 0.159. The highest BCUT2D eigenvalue weighted by molar-refractivity contribution is 8.13. The molecule has 4 rings (SSSR count). The molecule has 2 aromatic heterocycles. The number of carbonyl (C=O) groups excluding carboxylic acids is 1. The highest BCUT2D eigenvalue weighted by Crippen LogP contribution is 2.37. The fourth-order valence-corrected chi connectivity index (χ4v) is 4.03. The number of amidine groups is 1. The van der Waals surface area contributed by atoms with Gasteiger partial charge in [-0.05, 0) is 37.6 Å². The third-order valence-electron chi connectivity index (χ3n) is 4.50. The number of amides is 1. The lowest BCUT2D eigenvalue weighted by Crippen LogP contribution is -2.29. The predicted octanol–water partition coefficient (Wildman–Crippen LogP) is 3.02. The van der Waals surface area contributed by atoms with Gasteiger partial charge < -0.3 is 16.0 Å². The van der Waals surface area contributed by atoms with E-state index in [0.29, 0.717) is 33.9 Å². The molecular weight excluding hydrogens is 367 g/mol. The molecule has 3 heterocycles. The zero-order chi connectivity index (χ0) is 19.0. The number of anilines is 1. The van der Waals surface area contributed by atoms with Crippen LogP contribution in [-0.2, 0) is 5.54 Å². The molecule has 0 aliphatic carbocycles. The predicted molar refractivity (Wildman–Crippen MR) is 104 cm³/mol. The van der Waals surface area contributed by atoms with Crippen molar-refractivity contribution in [2.45, 2.75) is 18.9 Å². The van der Waals surface area contributed by atoms with E-state index in [-0.39, 0.29) is 11.6 Å². The van der Waals surface area contributed by atoms with Crippen LogP contribution in [0.5, 0.6) is 0 Å². The van der Waals surface area contributed by atoms with Crippen molar-refractivity contribution in [2.24, 2.45) is 10.7 Å². The van der Waals surface area contributed by atoms with E-state index in [4.69, 9.17) is 5.73 Å². The number of hydrogen-bond acceptors (Lipinski definition) is 6. The molecule has 7 nitrogen and oxygen atoms in total. The Labute approximate surface area is 158 Å². The molecule has 9 heteroatoms. The minimum atomic E-state index is -0.759. The lowest BCUT2D eigenvalue weighted by Gasteiger charge is -2.30. The summed E-state index contributed by atoms with van der Waals surface area (Å²) in [5, 5.41) is 3.19. The molecule has 1 aliphatic heterocycles. The SMILES string of the molecule is C[C@@]1(c2cc(NC(=O)c3nc4ccncc4[nH]3)ccc2F)CCSC(N)=N1. The summed E-state index contributed by atoms with van der Waals surface area (Å²) in [7, 11) is 0. The normalized spacial score (nSPS) is 19.7. The Hall–Kier alpha value is -2.94. The Bertz CT molecular complexity index is 1030. The van der Waals surface area contributed by atoms with Crippen LogP contribution >= 0.6 is 11.8 Å². The second-order valence-corrected chi connectivity index (χ2v) is 7.56. The van der Waals surface area contributed by atoms with E-state index >= 15 is 0 Å². The van der Waals surface area contributed by atoms with Crippen LogP contribution in [0.3, 0.4) is 0 Å². The van der Waals surface area contributed by atoms with Gasteiger partial charge in [-0.25, -0.2) is 9.37 Å². The van der Waals surface area contributed by atoms with Crippen molar-refractivity contribution in [1.82, 2.24) is 15.0 Å². The van der Waals surface area contributed by atoms with Crippen molar-refractivity contribution in [2.75, 3.05) is 11.1 Å². The Balaban J connectivity index is 1.63. The molecule has 0 radical (unpaired) electrons. The molecule has 0 saturated carbocycles. The smallest absolute Gasteiger partial charge is 0.291 e.